The molecule has 38 heavy (non-hydrogen) atoms. The normalized spacial score (nSPS) is 12.4. The van der Waals surface area contributed by atoms with E-state index in [1.54, 1.807) is 0 Å². The van der Waals surface area contributed by atoms with Crippen LogP contribution in [0, 0.1) is 0 Å². The average Bonchev–Trinajstić information content (AvgIpc) is 3.32. The Labute approximate surface area is 223 Å². The van der Waals surface area contributed by atoms with Crippen LogP contribution >= 0.6 is 0 Å². The molecule has 0 heteroatoms. The highest BCUT2D eigenvalue weighted by molar-refractivity contribution is 6.19. The second-order valence-electron chi connectivity index (χ2n) is 10.8. The van der Waals surface area contributed by atoms with Crippen molar-refractivity contribution in [3.63, 3.8) is 0 Å². The summed E-state index contributed by atoms with van der Waals surface area (Å²) in [5.41, 5.74) is 9.93. The van der Waals surface area contributed by atoms with Gasteiger partial charge in [-0.3, -0.25) is 0 Å². The van der Waals surface area contributed by atoms with Gasteiger partial charge in [0.25, 0.3) is 0 Å². The molecule has 0 nitrogen and oxygen atoms in total. The van der Waals surface area contributed by atoms with Crippen LogP contribution in [0.1, 0.15) is 34.7 Å². The van der Waals surface area contributed by atoms with E-state index in [9.17, 15) is 0 Å². The molecule has 0 aliphatic heterocycles. The van der Waals surface area contributed by atoms with Crippen LogP contribution in [0.2, 0.25) is 0 Å². The molecule has 0 atom stereocenters. The van der Waals surface area contributed by atoms with E-state index in [1.165, 1.54) is 82.0 Å². The maximum Gasteiger partial charge on any atom is -0.00131 e. The molecule has 0 saturated heterocycles. The third kappa shape index (κ3) is 3.23. The smallest absolute Gasteiger partial charge is 0.00131 e. The van der Waals surface area contributed by atoms with Gasteiger partial charge in [0, 0.05) is 0 Å². The van der Waals surface area contributed by atoms with E-state index in [0.717, 1.165) is 19.3 Å². The van der Waals surface area contributed by atoms with E-state index in [1.807, 2.05) is 0 Å². The van der Waals surface area contributed by atoms with Gasteiger partial charge < -0.3 is 0 Å². The van der Waals surface area contributed by atoms with E-state index in [2.05, 4.69) is 122 Å². The summed E-state index contributed by atoms with van der Waals surface area (Å²) in [4.78, 5) is 0. The van der Waals surface area contributed by atoms with Crippen molar-refractivity contribution in [2.45, 2.75) is 26.2 Å². The van der Waals surface area contributed by atoms with Gasteiger partial charge in [0.05, 0.1) is 0 Å². The van der Waals surface area contributed by atoms with Crippen LogP contribution in [0.25, 0.3) is 54.2 Å². The van der Waals surface area contributed by atoms with Crippen LogP contribution in [0.3, 0.4) is 0 Å². The molecule has 7 aromatic rings. The fourth-order valence-electron chi connectivity index (χ4n) is 6.82. The molecule has 0 aromatic heterocycles. The van der Waals surface area contributed by atoms with Crippen LogP contribution in [0.15, 0.2) is 115 Å². The first-order chi connectivity index (χ1) is 18.8. The van der Waals surface area contributed by atoms with E-state index < -0.39 is 0 Å². The van der Waals surface area contributed by atoms with Gasteiger partial charge in [-0.2, -0.15) is 0 Å². The summed E-state index contributed by atoms with van der Waals surface area (Å²) in [6, 6.07) is 43.4. The number of fused-ring (bicyclic) bond motifs is 9. The summed E-state index contributed by atoms with van der Waals surface area (Å²) in [6.45, 7) is 2.26. The van der Waals surface area contributed by atoms with Crippen LogP contribution in [0.5, 0.6) is 0 Å². The first-order valence-electron chi connectivity index (χ1n) is 13.8. The third-order valence-corrected chi connectivity index (χ3v) is 8.64. The second-order valence-corrected chi connectivity index (χ2v) is 10.8. The number of hydrogen-bond donors (Lipinski definition) is 0. The average molecular weight is 485 g/mol. The van der Waals surface area contributed by atoms with Crippen molar-refractivity contribution in [3.05, 3.63) is 143 Å². The number of aryl methyl sites for hydroxylation is 1. The quantitative estimate of drug-likeness (QED) is 0.219. The Morgan fingerprint density at radius 2 is 1.05 bits per heavy atom. The molecule has 0 spiro atoms. The van der Waals surface area contributed by atoms with Crippen molar-refractivity contribution in [2.24, 2.45) is 0 Å². The second kappa shape index (κ2) is 8.30. The van der Waals surface area contributed by atoms with E-state index in [-0.39, 0.29) is 0 Å². The molecule has 0 bridgehead atoms. The van der Waals surface area contributed by atoms with Gasteiger partial charge in [0.2, 0.25) is 0 Å². The summed E-state index contributed by atoms with van der Waals surface area (Å²) in [5, 5.41) is 10.9. The fraction of sp³-hybridized carbons (Fsp3) is 0.105. The lowest BCUT2D eigenvalue weighted by Crippen LogP contribution is -1.94. The Kier molecular flexibility index (Phi) is 4.73. The Morgan fingerprint density at radius 1 is 0.474 bits per heavy atom. The summed E-state index contributed by atoms with van der Waals surface area (Å²) < 4.78 is 0. The predicted octanol–water partition coefficient (Wildman–Crippen LogP) is 10.0. The molecular weight excluding hydrogens is 456 g/mol. The Bertz CT molecular complexity index is 2060. The summed E-state index contributed by atoms with van der Waals surface area (Å²) in [6.07, 6.45) is 3.00. The van der Waals surface area contributed by atoms with Gasteiger partial charge in [-0.1, -0.05) is 104 Å². The minimum atomic E-state index is 0.936. The highest BCUT2D eigenvalue weighted by atomic mass is 14.2. The zero-order chi connectivity index (χ0) is 25.2. The van der Waals surface area contributed by atoms with E-state index in [4.69, 9.17) is 0 Å². The standard InChI is InChI=1S/C38H28/c1-2-25-21-37-35-14-8-6-12-32(35)29(23-38(37)34-13-7-5-11-31(25)34)18-24-15-16-33-28(17-24)20-30-19-26-9-3-4-10-27(26)22-36(30)33/h3-17,19,21-23H,2,18,20H2,1H3. The van der Waals surface area contributed by atoms with Crippen molar-refractivity contribution in [3.8, 4) is 11.1 Å². The van der Waals surface area contributed by atoms with Crippen LogP contribution < -0.4 is 0 Å². The molecule has 1 aliphatic rings. The zero-order valence-electron chi connectivity index (χ0n) is 21.6. The summed E-state index contributed by atoms with van der Waals surface area (Å²) in [7, 11) is 0. The molecule has 180 valence electrons. The molecule has 0 radical (unpaired) electrons. The van der Waals surface area contributed by atoms with E-state index in [0.29, 0.717) is 0 Å². The van der Waals surface area contributed by atoms with Crippen LogP contribution in [-0.2, 0) is 19.3 Å². The molecule has 8 rings (SSSR count). The van der Waals surface area contributed by atoms with Crippen molar-refractivity contribution < 1.29 is 0 Å². The minimum Gasteiger partial charge on any atom is -0.0616 e. The molecule has 0 heterocycles. The largest absolute Gasteiger partial charge is 0.0616 e. The van der Waals surface area contributed by atoms with Gasteiger partial charge in [-0.25, -0.2) is 0 Å². The topological polar surface area (TPSA) is 0 Å². The predicted molar refractivity (Wildman–Crippen MR) is 163 cm³/mol. The lowest BCUT2D eigenvalue weighted by atomic mass is 9.88. The Hall–Kier alpha value is -4.42. The molecular formula is C38H28. The van der Waals surface area contributed by atoms with Gasteiger partial charge in [-0.05, 0) is 119 Å². The van der Waals surface area contributed by atoms with Gasteiger partial charge >= 0.3 is 0 Å². The molecule has 0 saturated carbocycles. The van der Waals surface area contributed by atoms with Gasteiger partial charge in [0.1, 0.15) is 0 Å². The molecule has 7 aromatic carbocycles. The Morgan fingerprint density at radius 3 is 1.76 bits per heavy atom. The van der Waals surface area contributed by atoms with Crippen molar-refractivity contribution >= 4 is 43.1 Å². The SMILES string of the molecule is CCc1cc2c3ccccc3c(Cc3ccc4c(c3)Cc3cc5ccccc5cc3-4)cc2c2ccccc12. The number of hydrogen-bond acceptors (Lipinski definition) is 0. The maximum atomic E-state index is 2.47. The number of rotatable bonds is 3. The van der Waals surface area contributed by atoms with Gasteiger partial charge in [-0.15, -0.1) is 0 Å². The van der Waals surface area contributed by atoms with E-state index >= 15 is 0 Å². The Balaban J connectivity index is 1.27. The molecule has 1 aliphatic carbocycles. The summed E-state index contributed by atoms with van der Waals surface area (Å²) in [5.74, 6) is 0. The lowest BCUT2D eigenvalue weighted by Gasteiger charge is -2.15. The fourth-order valence-corrected chi connectivity index (χ4v) is 6.82. The highest BCUT2D eigenvalue weighted by Crippen LogP contribution is 2.41. The monoisotopic (exact) mass is 484 g/mol. The molecule has 0 fully saturated rings. The van der Waals surface area contributed by atoms with Crippen molar-refractivity contribution in [1.82, 2.24) is 0 Å². The lowest BCUT2D eigenvalue weighted by molar-refractivity contribution is 1.16. The van der Waals surface area contributed by atoms with Crippen LogP contribution in [-0.4, -0.2) is 0 Å². The maximum absolute atomic E-state index is 2.47. The summed E-state index contributed by atoms with van der Waals surface area (Å²) >= 11 is 0. The van der Waals surface area contributed by atoms with Crippen LogP contribution in [0.4, 0.5) is 0 Å². The minimum absolute atomic E-state index is 0.936. The molecule has 0 N–H and O–H groups in total. The first kappa shape index (κ1) is 21.6. The van der Waals surface area contributed by atoms with Gasteiger partial charge in [0.15, 0.2) is 0 Å². The molecule has 0 unspecified atom stereocenters. The molecule has 0 amide bonds. The van der Waals surface area contributed by atoms with Crippen molar-refractivity contribution in [1.29, 1.82) is 0 Å². The first-order valence-corrected chi connectivity index (χ1v) is 13.8. The third-order valence-electron chi connectivity index (χ3n) is 8.64. The zero-order valence-corrected chi connectivity index (χ0v) is 21.6. The number of benzene rings is 7. The van der Waals surface area contributed by atoms with Crippen molar-refractivity contribution in [2.75, 3.05) is 0 Å². The highest BCUT2D eigenvalue weighted by Gasteiger charge is 2.20.